The van der Waals surface area contributed by atoms with Crippen molar-refractivity contribution in [1.29, 1.82) is 0 Å². The number of methoxy groups -OCH3 is 1. The number of carbonyl (C=O) groups is 1. The van der Waals surface area contributed by atoms with E-state index in [0.29, 0.717) is 17.5 Å². The number of nitrogens with zero attached hydrogens (tertiary/aromatic N) is 5. The quantitative estimate of drug-likeness (QED) is 0.645. The van der Waals surface area contributed by atoms with Gasteiger partial charge in [0, 0.05) is 63.6 Å². The van der Waals surface area contributed by atoms with E-state index in [4.69, 9.17) is 4.74 Å². The molecule has 0 radical (unpaired) electrons. The van der Waals surface area contributed by atoms with Crippen molar-refractivity contribution in [1.82, 2.24) is 19.6 Å². The predicted octanol–water partition coefficient (Wildman–Crippen LogP) is 2.37. The number of amides is 1. The SMILES string of the molecule is COc1c2ccc(C(=O)N3CC(N4CCN(c5ccc(F)cc5)CC4)C3)cc2nn1C. The molecule has 5 rings (SSSR count). The van der Waals surface area contributed by atoms with Crippen LogP contribution in [0.2, 0.25) is 0 Å². The molecule has 0 saturated carbocycles. The van der Waals surface area contributed by atoms with Crippen LogP contribution in [0.15, 0.2) is 42.5 Å². The van der Waals surface area contributed by atoms with Crippen LogP contribution in [0.3, 0.4) is 0 Å². The Bertz CT molecular complexity index is 1100. The lowest BCUT2D eigenvalue weighted by Gasteiger charge is -2.48. The minimum absolute atomic E-state index is 0.0488. The number of hydrogen-bond acceptors (Lipinski definition) is 5. The molecule has 1 aromatic heterocycles. The number of carbonyl (C=O) groups excluding carboxylic acids is 1. The van der Waals surface area contributed by atoms with Gasteiger partial charge in [-0.05, 0) is 42.5 Å². The number of piperazine rings is 1. The monoisotopic (exact) mass is 423 g/mol. The van der Waals surface area contributed by atoms with E-state index in [-0.39, 0.29) is 11.7 Å². The number of rotatable bonds is 4. The minimum atomic E-state index is -0.206. The Morgan fingerprint density at radius 2 is 1.77 bits per heavy atom. The first kappa shape index (κ1) is 19.8. The maximum absolute atomic E-state index is 13.1. The van der Waals surface area contributed by atoms with Gasteiger partial charge in [0.25, 0.3) is 5.91 Å². The lowest BCUT2D eigenvalue weighted by Crippen LogP contribution is -2.64. The Morgan fingerprint density at radius 1 is 1.06 bits per heavy atom. The summed E-state index contributed by atoms with van der Waals surface area (Å²) in [7, 11) is 3.45. The summed E-state index contributed by atoms with van der Waals surface area (Å²) in [4.78, 5) is 19.6. The maximum Gasteiger partial charge on any atom is 0.254 e. The van der Waals surface area contributed by atoms with Crippen molar-refractivity contribution >= 4 is 22.5 Å². The van der Waals surface area contributed by atoms with Gasteiger partial charge in [0.15, 0.2) is 0 Å². The van der Waals surface area contributed by atoms with E-state index in [0.717, 1.165) is 55.9 Å². The second-order valence-corrected chi connectivity index (χ2v) is 8.23. The van der Waals surface area contributed by atoms with Crippen molar-refractivity contribution in [3.63, 3.8) is 0 Å². The molecule has 2 aromatic carbocycles. The number of benzene rings is 2. The van der Waals surface area contributed by atoms with Crippen LogP contribution >= 0.6 is 0 Å². The molecule has 2 saturated heterocycles. The number of likely N-dealkylation sites (tertiary alicyclic amines) is 1. The molecule has 3 heterocycles. The number of aryl methyl sites for hydroxylation is 1. The molecule has 8 heteroatoms. The fourth-order valence-electron chi connectivity index (χ4n) is 4.58. The third-order valence-electron chi connectivity index (χ3n) is 6.39. The van der Waals surface area contributed by atoms with Gasteiger partial charge in [-0.25, -0.2) is 9.07 Å². The van der Waals surface area contributed by atoms with Gasteiger partial charge >= 0.3 is 0 Å². The summed E-state index contributed by atoms with van der Waals surface area (Å²) >= 11 is 0. The summed E-state index contributed by atoms with van der Waals surface area (Å²) in [5, 5.41) is 5.35. The van der Waals surface area contributed by atoms with Crippen molar-refractivity contribution in [2.75, 3.05) is 51.3 Å². The van der Waals surface area contributed by atoms with Gasteiger partial charge < -0.3 is 14.5 Å². The maximum atomic E-state index is 13.1. The second-order valence-electron chi connectivity index (χ2n) is 8.23. The summed E-state index contributed by atoms with van der Waals surface area (Å²) in [5.74, 6) is 0.536. The summed E-state index contributed by atoms with van der Waals surface area (Å²) in [5.41, 5.74) is 2.49. The highest BCUT2D eigenvalue weighted by Gasteiger charge is 2.36. The van der Waals surface area contributed by atoms with E-state index in [9.17, 15) is 9.18 Å². The van der Waals surface area contributed by atoms with Crippen LogP contribution in [0.5, 0.6) is 5.88 Å². The summed E-state index contributed by atoms with van der Waals surface area (Å²) in [6.45, 7) is 5.22. The minimum Gasteiger partial charge on any atom is -0.481 e. The van der Waals surface area contributed by atoms with Crippen LogP contribution in [0.1, 0.15) is 10.4 Å². The molecule has 0 spiro atoms. The molecule has 0 aliphatic carbocycles. The van der Waals surface area contributed by atoms with Crippen LogP contribution in [-0.2, 0) is 7.05 Å². The Hall–Kier alpha value is -3.13. The molecule has 162 valence electrons. The Morgan fingerprint density at radius 3 is 2.45 bits per heavy atom. The third kappa shape index (κ3) is 3.61. The van der Waals surface area contributed by atoms with Gasteiger partial charge in [-0.1, -0.05) is 0 Å². The van der Waals surface area contributed by atoms with Gasteiger partial charge in [-0.3, -0.25) is 9.69 Å². The first-order chi connectivity index (χ1) is 15.0. The van der Waals surface area contributed by atoms with Crippen molar-refractivity contribution in [3.05, 3.63) is 53.8 Å². The molecule has 0 unspecified atom stereocenters. The van der Waals surface area contributed by atoms with E-state index in [1.165, 1.54) is 12.1 Å². The molecule has 2 aliphatic heterocycles. The smallest absolute Gasteiger partial charge is 0.254 e. The lowest BCUT2D eigenvalue weighted by atomic mass is 10.0. The van der Waals surface area contributed by atoms with Crippen molar-refractivity contribution < 1.29 is 13.9 Å². The fraction of sp³-hybridized carbons (Fsp3) is 0.391. The molecule has 0 N–H and O–H groups in total. The Labute approximate surface area is 180 Å². The number of halogens is 1. The van der Waals surface area contributed by atoms with Crippen LogP contribution in [0, 0.1) is 5.82 Å². The standard InChI is InChI=1S/C23H26FN5O2/c1-26-23(31-2)20-8-3-16(13-21(20)25-26)22(30)29-14-19(15-29)28-11-9-27(10-12-28)18-6-4-17(24)5-7-18/h3-8,13,19H,9-12,14-15H2,1-2H3. The number of hydrogen-bond donors (Lipinski definition) is 0. The molecule has 0 bridgehead atoms. The zero-order valence-corrected chi connectivity index (χ0v) is 17.8. The average molecular weight is 423 g/mol. The van der Waals surface area contributed by atoms with Gasteiger partial charge in [0.2, 0.25) is 5.88 Å². The first-order valence-corrected chi connectivity index (χ1v) is 10.6. The van der Waals surface area contributed by atoms with Gasteiger partial charge in [0.05, 0.1) is 18.0 Å². The number of anilines is 1. The van der Waals surface area contributed by atoms with Gasteiger partial charge in [-0.2, -0.15) is 5.10 Å². The average Bonchev–Trinajstić information content (AvgIpc) is 3.07. The Balaban J connectivity index is 1.17. The molecule has 31 heavy (non-hydrogen) atoms. The van der Waals surface area contributed by atoms with Gasteiger partial charge in [-0.15, -0.1) is 0 Å². The van der Waals surface area contributed by atoms with Crippen molar-refractivity contribution in [2.24, 2.45) is 7.05 Å². The zero-order chi connectivity index (χ0) is 21.5. The highest BCUT2D eigenvalue weighted by molar-refractivity contribution is 5.99. The van der Waals surface area contributed by atoms with Crippen LogP contribution in [0.4, 0.5) is 10.1 Å². The Kier molecular flexibility index (Phi) is 5.02. The number of aromatic nitrogens is 2. The molecular formula is C23H26FN5O2. The van der Waals surface area contributed by atoms with E-state index < -0.39 is 0 Å². The van der Waals surface area contributed by atoms with E-state index >= 15 is 0 Å². The lowest BCUT2D eigenvalue weighted by molar-refractivity contribution is 0.0247. The van der Waals surface area contributed by atoms with Crippen LogP contribution < -0.4 is 9.64 Å². The largest absolute Gasteiger partial charge is 0.481 e. The zero-order valence-electron chi connectivity index (χ0n) is 17.8. The van der Waals surface area contributed by atoms with E-state index in [1.54, 1.807) is 11.8 Å². The predicted molar refractivity (Wildman–Crippen MR) is 117 cm³/mol. The molecule has 2 aliphatic rings. The molecule has 3 aromatic rings. The third-order valence-corrected chi connectivity index (χ3v) is 6.39. The molecular weight excluding hydrogens is 397 g/mol. The summed E-state index contributed by atoms with van der Waals surface area (Å²) in [6.07, 6.45) is 0. The number of ether oxygens (including phenoxy) is 1. The van der Waals surface area contributed by atoms with E-state index in [2.05, 4.69) is 14.9 Å². The van der Waals surface area contributed by atoms with Crippen LogP contribution in [0.25, 0.3) is 10.9 Å². The molecule has 2 fully saturated rings. The van der Waals surface area contributed by atoms with Crippen LogP contribution in [-0.4, -0.2) is 77.9 Å². The van der Waals surface area contributed by atoms with E-state index in [1.807, 2.05) is 42.3 Å². The summed E-state index contributed by atoms with van der Waals surface area (Å²) < 4.78 is 20.2. The van der Waals surface area contributed by atoms with Crippen molar-refractivity contribution in [3.8, 4) is 5.88 Å². The van der Waals surface area contributed by atoms with Gasteiger partial charge in [0.1, 0.15) is 5.82 Å². The molecule has 1 amide bonds. The summed E-state index contributed by atoms with van der Waals surface area (Å²) in [6, 6.07) is 12.7. The number of fused-ring (bicyclic) bond motifs is 1. The fourth-order valence-corrected chi connectivity index (χ4v) is 4.58. The molecule has 7 nitrogen and oxygen atoms in total. The first-order valence-electron chi connectivity index (χ1n) is 10.6. The second kappa shape index (κ2) is 7.85. The topological polar surface area (TPSA) is 53.8 Å². The molecule has 0 atom stereocenters. The van der Waals surface area contributed by atoms with Crippen molar-refractivity contribution in [2.45, 2.75) is 6.04 Å². The normalized spacial score (nSPS) is 17.8. The highest BCUT2D eigenvalue weighted by atomic mass is 19.1. The highest BCUT2D eigenvalue weighted by Crippen LogP contribution is 2.27.